The van der Waals surface area contributed by atoms with Gasteiger partial charge in [-0.2, -0.15) is 0 Å². The summed E-state index contributed by atoms with van der Waals surface area (Å²) in [5, 5.41) is 0. The van der Waals surface area contributed by atoms with Crippen LogP contribution in [0.5, 0.6) is 0 Å². The summed E-state index contributed by atoms with van der Waals surface area (Å²) < 4.78 is 4.98. The number of rotatable bonds is 3. The molecular formula is C14H19NO2. The van der Waals surface area contributed by atoms with E-state index in [2.05, 4.69) is 13.0 Å². The number of para-hydroxylation sites is 1. The van der Waals surface area contributed by atoms with Gasteiger partial charge in [-0.05, 0) is 31.4 Å². The van der Waals surface area contributed by atoms with Gasteiger partial charge in [0.05, 0.1) is 13.0 Å². The van der Waals surface area contributed by atoms with Gasteiger partial charge in [0, 0.05) is 18.8 Å². The molecule has 2 rings (SSSR count). The first-order valence-corrected chi connectivity index (χ1v) is 6.13. The molecule has 0 fully saturated rings. The Morgan fingerprint density at radius 3 is 3.00 bits per heavy atom. The predicted octanol–water partition coefficient (Wildman–Crippen LogP) is 2.39. The van der Waals surface area contributed by atoms with E-state index in [9.17, 15) is 4.79 Å². The Hall–Kier alpha value is -1.35. The molecule has 0 saturated heterocycles. The SMILES string of the molecule is COCCC(=O)N1c2ccccc2CC[C@@H]1C. The number of aryl methyl sites for hydroxylation is 1. The summed E-state index contributed by atoms with van der Waals surface area (Å²) in [7, 11) is 1.63. The molecule has 1 amide bonds. The molecule has 1 aliphatic heterocycles. The van der Waals surface area contributed by atoms with Crippen LogP contribution in [0.25, 0.3) is 0 Å². The highest BCUT2D eigenvalue weighted by molar-refractivity contribution is 5.95. The van der Waals surface area contributed by atoms with E-state index in [4.69, 9.17) is 4.74 Å². The quantitative estimate of drug-likeness (QED) is 0.802. The molecule has 0 bridgehead atoms. The molecule has 92 valence electrons. The summed E-state index contributed by atoms with van der Waals surface area (Å²) in [6.45, 7) is 2.60. The van der Waals surface area contributed by atoms with Crippen LogP contribution >= 0.6 is 0 Å². The zero-order valence-electron chi connectivity index (χ0n) is 10.5. The highest BCUT2D eigenvalue weighted by Gasteiger charge is 2.27. The molecule has 3 nitrogen and oxygen atoms in total. The Bertz CT molecular complexity index is 403. The van der Waals surface area contributed by atoms with Crippen molar-refractivity contribution in [1.82, 2.24) is 0 Å². The van der Waals surface area contributed by atoms with Crippen molar-refractivity contribution in [2.75, 3.05) is 18.6 Å². The minimum Gasteiger partial charge on any atom is -0.384 e. The van der Waals surface area contributed by atoms with Gasteiger partial charge in [-0.3, -0.25) is 4.79 Å². The van der Waals surface area contributed by atoms with Gasteiger partial charge in [-0.15, -0.1) is 0 Å². The van der Waals surface area contributed by atoms with Crippen molar-refractivity contribution in [3.8, 4) is 0 Å². The van der Waals surface area contributed by atoms with Crippen molar-refractivity contribution < 1.29 is 9.53 Å². The van der Waals surface area contributed by atoms with Gasteiger partial charge in [0.25, 0.3) is 0 Å². The Morgan fingerprint density at radius 2 is 2.24 bits per heavy atom. The number of hydrogen-bond donors (Lipinski definition) is 0. The summed E-state index contributed by atoms with van der Waals surface area (Å²) in [4.78, 5) is 14.1. The van der Waals surface area contributed by atoms with Crippen molar-refractivity contribution in [3.05, 3.63) is 29.8 Å². The van der Waals surface area contributed by atoms with E-state index in [1.807, 2.05) is 23.1 Å². The topological polar surface area (TPSA) is 29.5 Å². The summed E-state index contributed by atoms with van der Waals surface area (Å²) in [5.74, 6) is 0.159. The molecule has 1 aromatic carbocycles. The number of methoxy groups -OCH3 is 1. The lowest BCUT2D eigenvalue weighted by atomic mass is 9.96. The average Bonchev–Trinajstić information content (AvgIpc) is 2.35. The molecule has 0 N–H and O–H groups in total. The Labute approximate surface area is 102 Å². The van der Waals surface area contributed by atoms with Gasteiger partial charge in [0.1, 0.15) is 0 Å². The summed E-state index contributed by atoms with van der Waals surface area (Å²) in [5.41, 5.74) is 2.35. The molecule has 0 radical (unpaired) electrons. The number of nitrogens with zero attached hydrogens (tertiary/aromatic N) is 1. The van der Waals surface area contributed by atoms with Gasteiger partial charge in [-0.25, -0.2) is 0 Å². The van der Waals surface area contributed by atoms with Crippen molar-refractivity contribution >= 4 is 11.6 Å². The van der Waals surface area contributed by atoms with E-state index in [1.165, 1.54) is 5.56 Å². The lowest BCUT2D eigenvalue weighted by Crippen LogP contribution is -2.42. The van der Waals surface area contributed by atoms with Crippen molar-refractivity contribution in [3.63, 3.8) is 0 Å². The highest BCUT2D eigenvalue weighted by Crippen LogP contribution is 2.30. The summed E-state index contributed by atoms with van der Waals surface area (Å²) in [6.07, 6.45) is 2.55. The molecule has 0 aromatic heterocycles. The second-order valence-corrected chi connectivity index (χ2v) is 4.52. The number of carbonyl (C=O) groups is 1. The second kappa shape index (κ2) is 5.32. The van der Waals surface area contributed by atoms with Gasteiger partial charge in [-0.1, -0.05) is 18.2 Å². The smallest absolute Gasteiger partial charge is 0.229 e. The fraction of sp³-hybridized carbons (Fsp3) is 0.500. The number of carbonyl (C=O) groups excluding carboxylic acids is 1. The number of hydrogen-bond acceptors (Lipinski definition) is 2. The Balaban J connectivity index is 2.23. The highest BCUT2D eigenvalue weighted by atomic mass is 16.5. The molecule has 1 aliphatic rings. The maximum atomic E-state index is 12.2. The van der Waals surface area contributed by atoms with E-state index in [1.54, 1.807) is 7.11 Å². The van der Waals surface area contributed by atoms with Crippen LogP contribution in [0.4, 0.5) is 5.69 Å². The minimum absolute atomic E-state index is 0.159. The maximum Gasteiger partial charge on any atom is 0.229 e. The fourth-order valence-electron chi connectivity index (χ4n) is 2.38. The molecule has 0 aliphatic carbocycles. The lowest BCUT2D eigenvalue weighted by Gasteiger charge is -2.35. The van der Waals surface area contributed by atoms with Crippen molar-refractivity contribution in [1.29, 1.82) is 0 Å². The van der Waals surface area contributed by atoms with Crippen LogP contribution in [0.15, 0.2) is 24.3 Å². The largest absolute Gasteiger partial charge is 0.384 e. The van der Waals surface area contributed by atoms with E-state index >= 15 is 0 Å². The van der Waals surface area contributed by atoms with Crippen LogP contribution in [-0.2, 0) is 16.0 Å². The minimum atomic E-state index is 0.159. The van der Waals surface area contributed by atoms with Gasteiger partial charge in [0.15, 0.2) is 0 Å². The summed E-state index contributed by atoms with van der Waals surface area (Å²) in [6, 6.07) is 8.46. The zero-order valence-corrected chi connectivity index (χ0v) is 10.5. The molecule has 3 heteroatoms. The van der Waals surface area contributed by atoms with Crippen LogP contribution in [0.2, 0.25) is 0 Å². The van der Waals surface area contributed by atoms with E-state index in [0.717, 1.165) is 18.5 Å². The van der Waals surface area contributed by atoms with Crippen LogP contribution in [0.3, 0.4) is 0 Å². The third-order valence-electron chi connectivity index (χ3n) is 3.31. The number of fused-ring (bicyclic) bond motifs is 1. The number of ether oxygens (including phenoxy) is 1. The number of amides is 1. The predicted molar refractivity (Wildman–Crippen MR) is 68.2 cm³/mol. The first kappa shape index (κ1) is 12.1. The lowest BCUT2D eigenvalue weighted by molar-refractivity contribution is -0.120. The fourth-order valence-corrected chi connectivity index (χ4v) is 2.38. The van der Waals surface area contributed by atoms with Crippen molar-refractivity contribution in [2.24, 2.45) is 0 Å². The molecule has 0 unspecified atom stereocenters. The van der Waals surface area contributed by atoms with Crippen LogP contribution in [0, 0.1) is 0 Å². The third-order valence-corrected chi connectivity index (χ3v) is 3.31. The Morgan fingerprint density at radius 1 is 1.47 bits per heavy atom. The third kappa shape index (κ3) is 2.50. The first-order chi connectivity index (χ1) is 8.24. The number of anilines is 1. The molecule has 0 saturated carbocycles. The van der Waals surface area contributed by atoms with Crippen LogP contribution in [-0.4, -0.2) is 25.7 Å². The molecule has 0 spiro atoms. The molecular weight excluding hydrogens is 214 g/mol. The van der Waals surface area contributed by atoms with E-state index in [-0.39, 0.29) is 11.9 Å². The van der Waals surface area contributed by atoms with E-state index in [0.29, 0.717) is 13.0 Å². The summed E-state index contributed by atoms with van der Waals surface area (Å²) >= 11 is 0. The standard InChI is InChI=1S/C14H19NO2/c1-11-7-8-12-5-3-4-6-13(12)15(11)14(16)9-10-17-2/h3-6,11H,7-10H2,1-2H3/t11-/m0/s1. The maximum absolute atomic E-state index is 12.2. The van der Waals surface area contributed by atoms with Crippen molar-refractivity contribution in [2.45, 2.75) is 32.2 Å². The molecule has 1 aromatic rings. The van der Waals surface area contributed by atoms with Crippen LogP contribution in [0.1, 0.15) is 25.3 Å². The van der Waals surface area contributed by atoms with Gasteiger partial charge < -0.3 is 9.64 Å². The Kier molecular flexibility index (Phi) is 3.79. The molecule has 17 heavy (non-hydrogen) atoms. The zero-order chi connectivity index (χ0) is 12.3. The number of benzene rings is 1. The molecule has 1 heterocycles. The normalized spacial score (nSPS) is 18.9. The molecule has 1 atom stereocenters. The monoisotopic (exact) mass is 233 g/mol. The van der Waals surface area contributed by atoms with Gasteiger partial charge in [0.2, 0.25) is 5.91 Å². The second-order valence-electron chi connectivity index (χ2n) is 4.52. The average molecular weight is 233 g/mol. The first-order valence-electron chi connectivity index (χ1n) is 6.13. The van der Waals surface area contributed by atoms with Crippen LogP contribution < -0.4 is 4.90 Å². The van der Waals surface area contributed by atoms with Gasteiger partial charge >= 0.3 is 0 Å². The van der Waals surface area contributed by atoms with E-state index < -0.39 is 0 Å².